The smallest absolute Gasteiger partial charge is 0.0572 e. The third-order valence-electron chi connectivity index (χ3n) is 11.6. The Bertz CT molecular complexity index is 2740. The monoisotopic (exact) mass is 875 g/mol. The maximum Gasteiger partial charge on any atom is 0.0572 e. The Morgan fingerprint density at radius 3 is 1.86 bits per heavy atom. The minimum Gasteiger partial charge on any atom is -0.387 e. The number of hydrogen-bond donors (Lipinski definition) is 3. The van der Waals surface area contributed by atoms with Crippen LogP contribution in [-0.2, 0) is 13.0 Å². The molecule has 0 amide bonds. The number of pyridine rings is 1. The summed E-state index contributed by atoms with van der Waals surface area (Å²) in [7, 11) is 0. The van der Waals surface area contributed by atoms with E-state index in [0.717, 1.165) is 38.9 Å². The molecule has 0 radical (unpaired) electrons. The van der Waals surface area contributed by atoms with Crippen molar-refractivity contribution in [2.24, 2.45) is 0 Å². The van der Waals surface area contributed by atoms with E-state index in [4.69, 9.17) is 0 Å². The molecule has 2 aromatic carbocycles. The van der Waals surface area contributed by atoms with Gasteiger partial charge in [0.05, 0.1) is 21.9 Å². The van der Waals surface area contributed by atoms with E-state index in [0.29, 0.717) is 0 Å². The highest BCUT2D eigenvalue weighted by Crippen LogP contribution is 2.40. The summed E-state index contributed by atoms with van der Waals surface area (Å²) >= 11 is 0. The summed E-state index contributed by atoms with van der Waals surface area (Å²) in [5, 5.41) is 16.3. The Morgan fingerprint density at radius 2 is 1.23 bits per heavy atom. The van der Waals surface area contributed by atoms with Crippen LogP contribution in [0.15, 0.2) is 108 Å². The van der Waals surface area contributed by atoms with Crippen molar-refractivity contribution in [1.29, 1.82) is 0 Å². The molecule has 6 heterocycles. The van der Waals surface area contributed by atoms with Gasteiger partial charge in [0.1, 0.15) is 0 Å². The van der Waals surface area contributed by atoms with Crippen LogP contribution < -0.4 is 37.1 Å². The highest BCUT2D eigenvalue weighted by molar-refractivity contribution is 5.83. The van der Waals surface area contributed by atoms with Crippen molar-refractivity contribution >= 4 is 41.5 Å². The van der Waals surface area contributed by atoms with Crippen LogP contribution in [-0.4, -0.2) is 27.2 Å². The fourth-order valence-electron chi connectivity index (χ4n) is 8.60. The van der Waals surface area contributed by atoms with E-state index in [2.05, 4.69) is 175 Å². The molecule has 0 saturated heterocycles. The van der Waals surface area contributed by atoms with Crippen molar-refractivity contribution in [1.82, 2.24) is 30.1 Å². The number of aryl methyl sites for hydroxylation is 4. The molecule has 5 aromatic rings. The van der Waals surface area contributed by atoms with Crippen LogP contribution in [0, 0.1) is 20.8 Å². The minimum atomic E-state index is 0.863. The van der Waals surface area contributed by atoms with Crippen molar-refractivity contribution in [3.8, 4) is 11.4 Å². The zero-order valence-corrected chi connectivity index (χ0v) is 43.1. The molecular weight excluding hydrogens is 793 g/mol. The molecule has 3 aliphatic heterocycles. The summed E-state index contributed by atoms with van der Waals surface area (Å²) in [4.78, 5) is 4.28. The Morgan fingerprint density at radius 1 is 0.631 bits per heavy atom. The highest BCUT2D eigenvalue weighted by Gasteiger charge is 2.22. The second-order valence-corrected chi connectivity index (χ2v) is 14.8. The number of benzene rings is 2. The normalized spacial score (nSPS) is 15.9. The standard InChI is InChI=1S/C31H35N3.C18H17N3.5C2H6/c1-5-22-18-23(6-2)27(26(22)7-3)10-8-9-24-11-12-25(17-21(24)4)34-30-13-15-32-19-28(30)29-20-33-16-14-31(29)34;1-12-3-4-14(9-13(12)2)21-17-5-7-19-10-15(17)16-11-20-8-6-18(16)21;5*1-2/h5-7,10-15,17,20,32-33H,8-9,16,18-19H2,1-4H3;3-7,9-11,20H,8H2,1-2H3;5*1-2H3/b22-5-,23-6-,26-7+,27-10+;;;;;;. The Kier molecular flexibility index (Phi) is 22.4. The van der Waals surface area contributed by atoms with E-state index < -0.39 is 0 Å². The van der Waals surface area contributed by atoms with Crippen LogP contribution >= 0.6 is 0 Å². The lowest BCUT2D eigenvalue weighted by Crippen LogP contribution is -2.37. The molecule has 6 heteroatoms. The van der Waals surface area contributed by atoms with Gasteiger partial charge in [-0.3, -0.25) is 4.98 Å². The van der Waals surface area contributed by atoms with Crippen molar-refractivity contribution in [3.63, 3.8) is 0 Å². The second-order valence-electron chi connectivity index (χ2n) is 14.8. The lowest BCUT2D eigenvalue weighted by Gasteiger charge is -2.15. The van der Waals surface area contributed by atoms with Gasteiger partial charge in [0, 0.05) is 77.2 Å². The van der Waals surface area contributed by atoms with Gasteiger partial charge in [-0.2, -0.15) is 0 Å². The van der Waals surface area contributed by atoms with Crippen LogP contribution in [0.1, 0.15) is 136 Å². The topological polar surface area (TPSA) is 58.8 Å². The summed E-state index contributed by atoms with van der Waals surface area (Å²) < 4.78 is 4.75. The first-order chi connectivity index (χ1) is 31.9. The lowest BCUT2D eigenvalue weighted by atomic mass is 9.99. The maximum atomic E-state index is 4.28. The highest BCUT2D eigenvalue weighted by atomic mass is 15.0. The average molecular weight is 875 g/mol. The van der Waals surface area contributed by atoms with Gasteiger partial charge in [0.25, 0.3) is 0 Å². The molecule has 0 unspecified atom stereocenters. The predicted octanol–water partition coefficient (Wildman–Crippen LogP) is 12.0. The molecule has 4 aliphatic rings. The Hall–Kier alpha value is -6.01. The number of rotatable bonds is 5. The molecule has 348 valence electrons. The Labute approximate surface area is 393 Å². The number of allylic oxidation sites excluding steroid dienone is 8. The molecule has 3 N–H and O–H groups in total. The van der Waals surface area contributed by atoms with E-state index in [-0.39, 0.29) is 0 Å². The van der Waals surface area contributed by atoms with E-state index in [9.17, 15) is 0 Å². The molecule has 6 nitrogen and oxygen atoms in total. The van der Waals surface area contributed by atoms with Crippen LogP contribution in [0.5, 0.6) is 0 Å². The minimum absolute atomic E-state index is 0.863. The van der Waals surface area contributed by atoms with E-state index in [1.807, 2.05) is 81.6 Å². The number of hydrogen-bond acceptors (Lipinski definition) is 4. The van der Waals surface area contributed by atoms with Gasteiger partial charge in [-0.1, -0.05) is 106 Å². The summed E-state index contributed by atoms with van der Waals surface area (Å²) in [5.74, 6) is 0. The van der Waals surface area contributed by atoms with Crippen molar-refractivity contribution < 1.29 is 0 Å². The molecule has 0 spiro atoms. The first-order valence-corrected chi connectivity index (χ1v) is 24.7. The second kappa shape index (κ2) is 27.3. The molecule has 1 fully saturated rings. The SMILES string of the molecule is C/C=C1CC(=C/C)/C(=C\CCc2ccc(-n3c4c(c5c3=CCNC=5)CNC=C4)cc2C)C/1=C/C.CC.CC.CC.CC.CC.Cc1ccc(-n2c3c(c4cnccc42)=CNCC=3)cc1C. The molecule has 1 saturated carbocycles. The van der Waals surface area contributed by atoms with Gasteiger partial charge >= 0.3 is 0 Å². The van der Waals surface area contributed by atoms with Crippen LogP contribution in [0.3, 0.4) is 0 Å². The van der Waals surface area contributed by atoms with Gasteiger partial charge in [-0.15, -0.1) is 0 Å². The van der Waals surface area contributed by atoms with E-state index >= 15 is 0 Å². The fraction of sp³-hybridized carbons (Fsp3) is 0.373. The largest absolute Gasteiger partial charge is 0.387 e. The first kappa shape index (κ1) is 53.3. The number of fused-ring (bicyclic) bond motifs is 6. The lowest BCUT2D eigenvalue weighted by molar-refractivity contribution is 0.846. The van der Waals surface area contributed by atoms with Gasteiger partial charge in [-0.25, -0.2) is 0 Å². The molecule has 9 rings (SSSR count). The molecule has 0 bridgehead atoms. The summed E-state index contributed by atoms with van der Waals surface area (Å²) in [5.41, 5.74) is 17.5. The van der Waals surface area contributed by atoms with Gasteiger partial charge in [-0.05, 0) is 160 Å². The van der Waals surface area contributed by atoms with Crippen LogP contribution in [0.4, 0.5) is 0 Å². The number of aromatic nitrogens is 3. The molecule has 1 aliphatic carbocycles. The van der Waals surface area contributed by atoms with Crippen LogP contribution in [0.25, 0.3) is 52.9 Å². The fourth-order valence-corrected chi connectivity index (χ4v) is 8.60. The predicted molar refractivity (Wildman–Crippen MR) is 288 cm³/mol. The zero-order chi connectivity index (χ0) is 48.1. The van der Waals surface area contributed by atoms with Crippen molar-refractivity contribution in [2.75, 3.05) is 13.1 Å². The third kappa shape index (κ3) is 11.8. The van der Waals surface area contributed by atoms with Crippen LogP contribution in [0.2, 0.25) is 0 Å². The average Bonchev–Trinajstić information content (AvgIpc) is 4.03. The van der Waals surface area contributed by atoms with Gasteiger partial charge in [0.2, 0.25) is 0 Å². The van der Waals surface area contributed by atoms with Crippen molar-refractivity contribution in [2.45, 2.75) is 137 Å². The van der Waals surface area contributed by atoms with Crippen molar-refractivity contribution in [3.05, 3.63) is 162 Å². The molecule has 65 heavy (non-hydrogen) atoms. The number of nitrogens with one attached hydrogen (secondary N) is 3. The number of nitrogens with zero attached hydrogens (tertiary/aromatic N) is 3. The van der Waals surface area contributed by atoms with Gasteiger partial charge in [0.15, 0.2) is 0 Å². The zero-order valence-electron chi connectivity index (χ0n) is 43.1. The summed E-state index contributed by atoms with van der Waals surface area (Å²) in [6.07, 6.45) is 29.3. The maximum absolute atomic E-state index is 4.28. The van der Waals surface area contributed by atoms with E-state index in [1.165, 1.54) is 99.2 Å². The van der Waals surface area contributed by atoms with E-state index in [1.54, 1.807) is 0 Å². The first-order valence-electron chi connectivity index (χ1n) is 24.7. The quantitative estimate of drug-likeness (QED) is 0.165. The summed E-state index contributed by atoms with van der Waals surface area (Å²) in [6, 6.07) is 15.7. The molecule has 3 aromatic heterocycles. The third-order valence-corrected chi connectivity index (χ3v) is 11.6. The molecule has 0 atom stereocenters. The Balaban J connectivity index is 0.000000310. The summed E-state index contributed by atoms with van der Waals surface area (Å²) in [6.45, 7) is 35.6. The van der Waals surface area contributed by atoms with Gasteiger partial charge < -0.3 is 25.1 Å². The molecular formula is C59H82N6.